The molecule has 6 nitrogen and oxygen atoms in total. The summed E-state index contributed by atoms with van der Waals surface area (Å²) in [5.74, 6) is 1.53. The van der Waals surface area contributed by atoms with Gasteiger partial charge in [0.15, 0.2) is 0 Å². The van der Waals surface area contributed by atoms with Crippen molar-refractivity contribution in [3.63, 3.8) is 0 Å². The van der Waals surface area contributed by atoms with Gasteiger partial charge in [0.05, 0.1) is 22.1 Å². The Morgan fingerprint density at radius 1 is 1.10 bits per heavy atom. The summed E-state index contributed by atoms with van der Waals surface area (Å²) < 4.78 is 7.82. The molecular formula is C24H27ClN4O2. The Morgan fingerprint density at radius 3 is 2.52 bits per heavy atom. The molecule has 31 heavy (non-hydrogen) atoms. The van der Waals surface area contributed by atoms with Crippen LogP contribution >= 0.6 is 11.6 Å². The number of nitrogens with zero attached hydrogens (tertiary/aromatic N) is 3. The molecule has 1 aromatic heterocycles. The second-order valence-corrected chi connectivity index (χ2v) is 8.21. The quantitative estimate of drug-likeness (QED) is 0.631. The number of anilines is 2. The van der Waals surface area contributed by atoms with E-state index in [2.05, 4.69) is 15.2 Å². The van der Waals surface area contributed by atoms with Crippen LogP contribution in [-0.2, 0) is 0 Å². The zero-order valence-corrected chi connectivity index (χ0v) is 18.8. The first-order valence-corrected chi connectivity index (χ1v) is 10.9. The topological polar surface area (TPSA) is 59.4 Å². The fraction of sp³-hybridized carbons (Fsp3) is 0.333. The van der Waals surface area contributed by atoms with E-state index in [1.807, 2.05) is 63.4 Å². The predicted molar refractivity (Wildman–Crippen MR) is 126 cm³/mol. The van der Waals surface area contributed by atoms with E-state index in [-0.39, 0.29) is 11.7 Å². The Balaban J connectivity index is 1.46. The molecule has 2 aromatic carbocycles. The summed E-state index contributed by atoms with van der Waals surface area (Å²) in [6.07, 6.45) is 2.00. The molecule has 0 amide bonds. The normalized spacial score (nSPS) is 14.5. The molecule has 0 atom stereocenters. The van der Waals surface area contributed by atoms with Crippen LogP contribution in [0.15, 0.2) is 53.3 Å². The zero-order chi connectivity index (χ0) is 22.0. The number of aromatic nitrogens is 2. The molecule has 0 spiro atoms. The summed E-state index contributed by atoms with van der Waals surface area (Å²) in [4.78, 5) is 19.1. The van der Waals surface area contributed by atoms with E-state index >= 15 is 0 Å². The number of piperidine rings is 1. The van der Waals surface area contributed by atoms with Gasteiger partial charge in [0.2, 0.25) is 0 Å². The fourth-order valence-corrected chi connectivity index (χ4v) is 4.41. The maximum Gasteiger partial charge on any atom is 0.258 e. The third-order valence-electron chi connectivity index (χ3n) is 5.64. The highest BCUT2D eigenvalue weighted by Crippen LogP contribution is 2.32. The van der Waals surface area contributed by atoms with Crippen molar-refractivity contribution in [3.8, 4) is 11.4 Å². The summed E-state index contributed by atoms with van der Waals surface area (Å²) in [7, 11) is 1.90. The lowest BCUT2D eigenvalue weighted by atomic mass is 10.1. The smallest absolute Gasteiger partial charge is 0.258 e. The third-order valence-corrected chi connectivity index (χ3v) is 5.94. The highest BCUT2D eigenvalue weighted by atomic mass is 35.5. The number of ether oxygens (including phenoxy) is 1. The van der Waals surface area contributed by atoms with E-state index in [1.165, 1.54) is 6.07 Å². The van der Waals surface area contributed by atoms with Crippen molar-refractivity contribution in [2.45, 2.75) is 32.8 Å². The average molecular weight is 439 g/mol. The lowest BCUT2D eigenvalue weighted by Gasteiger charge is -2.34. The summed E-state index contributed by atoms with van der Waals surface area (Å²) >= 11 is 6.64. The molecule has 1 fully saturated rings. The monoisotopic (exact) mass is 438 g/mol. The zero-order valence-electron chi connectivity index (χ0n) is 18.1. The van der Waals surface area contributed by atoms with Crippen molar-refractivity contribution in [2.75, 3.05) is 30.4 Å². The molecule has 1 aliphatic rings. The molecule has 1 N–H and O–H groups in total. The Morgan fingerprint density at radius 2 is 1.84 bits per heavy atom. The van der Waals surface area contributed by atoms with Crippen molar-refractivity contribution in [1.29, 1.82) is 0 Å². The average Bonchev–Trinajstić information content (AvgIpc) is 2.74. The first kappa shape index (κ1) is 21.2. The maximum absolute atomic E-state index is 12.4. The standard InChI is InChI=1S/C24H27ClN4O2/c1-16-14-24(30)29(17(2)27-16)18-8-9-22(20(25)15-18)28-12-10-19(11-13-28)31-23-7-5-4-6-21(23)26-3/h4-9,14-15,19,26H,10-13H2,1-3H3. The Bertz CT molecular complexity index is 1140. The number of nitrogens with one attached hydrogen (secondary N) is 1. The SMILES string of the molecule is CNc1ccccc1OC1CCN(c2ccc(-n3c(C)nc(C)cc3=O)cc2Cl)CC1. The first-order valence-electron chi connectivity index (χ1n) is 10.5. The van der Waals surface area contributed by atoms with Gasteiger partial charge < -0.3 is 15.0 Å². The molecule has 1 aliphatic heterocycles. The summed E-state index contributed by atoms with van der Waals surface area (Å²) in [5, 5.41) is 3.80. The van der Waals surface area contributed by atoms with Crippen molar-refractivity contribution < 1.29 is 4.74 Å². The lowest BCUT2D eigenvalue weighted by molar-refractivity contribution is 0.172. The van der Waals surface area contributed by atoms with Crippen LogP contribution in [0.2, 0.25) is 5.02 Å². The van der Waals surface area contributed by atoms with E-state index in [1.54, 1.807) is 4.57 Å². The molecule has 0 bridgehead atoms. The molecule has 0 aliphatic carbocycles. The number of hydrogen-bond donors (Lipinski definition) is 1. The van der Waals surface area contributed by atoms with Crippen LogP contribution in [0.25, 0.3) is 5.69 Å². The van der Waals surface area contributed by atoms with Crippen LogP contribution < -0.4 is 20.5 Å². The molecular weight excluding hydrogens is 412 g/mol. The third kappa shape index (κ3) is 4.54. The predicted octanol–water partition coefficient (Wildman–Crippen LogP) is 4.59. The Kier molecular flexibility index (Phi) is 6.18. The van der Waals surface area contributed by atoms with Gasteiger partial charge in [-0.1, -0.05) is 23.7 Å². The summed E-state index contributed by atoms with van der Waals surface area (Å²) in [6.45, 7) is 5.36. The van der Waals surface area contributed by atoms with Gasteiger partial charge in [-0.15, -0.1) is 0 Å². The van der Waals surface area contributed by atoms with Crippen molar-refractivity contribution in [3.05, 3.63) is 75.4 Å². The van der Waals surface area contributed by atoms with Gasteiger partial charge in [0.25, 0.3) is 5.56 Å². The van der Waals surface area contributed by atoms with Gasteiger partial charge in [-0.05, 0) is 44.2 Å². The molecule has 3 aromatic rings. The summed E-state index contributed by atoms with van der Waals surface area (Å²) in [6, 6.07) is 15.3. The van der Waals surface area contributed by atoms with Crippen molar-refractivity contribution in [1.82, 2.24) is 9.55 Å². The number of para-hydroxylation sites is 2. The van der Waals surface area contributed by atoms with Gasteiger partial charge in [-0.3, -0.25) is 9.36 Å². The Labute approximate surface area is 187 Å². The second kappa shape index (κ2) is 9.02. The highest BCUT2D eigenvalue weighted by molar-refractivity contribution is 6.33. The molecule has 4 rings (SSSR count). The van der Waals surface area contributed by atoms with Crippen LogP contribution in [0.3, 0.4) is 0 Å². The minimum Gasteiger partial charge on any atom is -0.488 e. The number of hydrogen-bond acceptors (Lipinski definition) is 5. The van der Waals surface area contributed by atoms with Gasteiger partial charge in [-0.25, -0.2) is 4.98 Å². The van der Waals surface area contributed by atoms with Gasteiger partial charge >= 0.3 is 0 Å². The molecule has 162 valence electrons. The van der Waals surface area contributed by atoms with Crippen LogP contribution in [-0.4, -0.2) is 35.8 Å². The summed E-state index contributed by atoms with van der Waals surface area (Å²) in [5.41, 5.74) is 3.31. The van der Waals surface area contributed by atoms with E-state index < -0.39 is 0 Å². The van der Waals surface area contributed by atoms with Crippen LogP contribution in [0, 0.1) is 13.8 Å². The van der Waals surface area contributed by atoms with Crippen LogP contribution in [0.4, 0.5) is 11.4 Å². The molecule has 0 saturated carbocycles. The molecule has 2 heterocycles. The van der Waals surface area contributed by atoms with Gasteiger partial charge in [0.1, 0.15) is 17.7 Å². The Hall–Kier alpha value is -2.99. The molecule has 7 heteroatoms. The van der Waals surface area contributed by atoms with E-state index in [9.17, 15) is 4.79 Å². The second-order valence-electron chi connectivity index (χ2n) is 7.80. The number of halogens is 1. The number of benzene rings is 2. The lowest BCUT2D eigenvalue weighted by Crippen LogP contribution is -2.38. The van der Waals surface area contributed by atoms with E-state index in [0.29, 0.717) is 16.5 Å². The van der Waals surface area contributed by atoms with Crippen LogP contribution in [0.5, 0.6) is 5.75 Å². The fourth-order valence-electron chi connectivity index (χ4n) is 4.12. The molecule has 0 radical (unpaired) electrons. The first-order chi connectivity index (χ1) is 15.0. The van der Waals surface area contributed by atoms with Gasteiger partial charge in [0, 0.05) is 44.7 Å². The molecule has 0 unspecified atom stereocenters. The minimum absolute atomic E-state index is 0.103. The van der Waals surface area contributed by atoms with E-state index in [4.69, 9.17) is 16.3 Å². The highest BCUT2D eigenvalue weighted by Gasteiger charge is 2.23. The number of aryl methyl sites for hydroxylation is 2. The largest absolute Gasteiger partial charge is 0.488 e. The van der Waals surface area contributed by atoms with Gasteiger partial charge in [-0.2, -0.15) is 0 Å². The van der Waals surface area contributed by atoms with Crippen LogP contribution in [0.1, 0.15) is 24.4 Å². The van der Waals surface area contributed by atoms with E-state index in [0.717, 1.165) is 48.7 Å². The number of rotatable bonds is 5. The maximum atomic E-state index is 12.4. The minimum atomic E-state index is -0.103. The van der Waals surface area contributed by atoms with Crippen molar-refractivity contribution in [2.24, 2.45) is 0 Å². The van der Waals surface area contributed by atoms with Crippen molar-refractivity contribution >= 4 is 23.0 Å². The molecule has 1 saturated heterocycles.